The summed E-state index contributed by atoms with van der Waals surface area (Å²) >= 11 is 4.96. The van der Waals surface area contributed by atoms with Gasteiger partial charge in [0.2, 0.25) is 4.73 Å². The van der Waals surface area contributed by atoms with Crippen LogP contribution in [0.25, 0.3) is 0 Å². The molecule has 4 aliphatic carbocycles. The zero-order chi connectivity index (χ0) is 11.5. The van der Waals surface area contributed by atoms with Crippen molar-refractivity contribution in [1.29, 1.82) is 0 Å². The van der Waals surface area contributed by atoms with Gasteiger partial charge in [0, 0.05) is 6.42 Å². The molecule has 0 N–H and O–H groups in total. The molecule has 0 unspecified atom stereocenters. The van der Waals surface area contributed by atoms with E-state index in [-0.39, 0.29) is 0 Å². The van der Waals surface area contributed by atoms with Crippen molar-refractivity contribution in [1.82, 2.24) is 9.36 Å². The molecule has 1 heterocycles. The molecular formula is C13H17BrN2S. The molecule has 1 aromatic heterocycles. The van der Waals surface area contributed by atoms with E-state index in [4.69, 9.17) is 0 Å². The number of hydrogen-bond acceptors (Lipinski definition) is 3. The number of halogens is 1. The van der Waals surface area contributed by atoms with Crippen LogP contribution >= 0.6 is 27.5 Å². The minimum absolute atomic E-state index is 0.605. The van der Waals surface area contributed by atoms with Gasteiger partial charge < -0.3 is 0 Å². The van der Waals surface area contributed by atoms with E-state index in [0.717, 1.165) is 22.5 Å². The van der Waals surface area contributed by atoms with Gasteiger partial charge in [-0.2, -0.15) is 4.37 Å². The maximum atomic E-state index is 4.51. The fraction of sp³-hybridized carbons (Fsp3) is 0.846. The minimum atomic E-state index is 0.605. The first kappa shape index (κ1) is 10.9. The predicted octanol–water partition coefficient (Wildman–Crippen LogP) is 4.06. The molecule has 4 saturated carbocycles. The van der Waals surface area contributed by atoms with E-state index in [2.05, 4.69) is 25.3 Å². The third kappa shape index (κ3) is 1.88. The molecule has 0 amide bonds. The molecule has 0 atom stereocenters. The molecule has 0 spiro atoms. The molecule has 0 radical (unpaired) electrons. The Morgan fingerprint density at radius 1 is 1.12 bits per heavy atom. The van der Waals surface area contributed by atoms with Gasteiger partial charge in [0.25, 0.3) is 0 Å². The summed E-state index contributed by atoms with van der Waals surface area (Å²) in [6.45, 7) is 0. The summed E-state index contributed by atoms with van der Waals surface area (Å²) < 4.78 is 5.04. The van der Waals surface area contributed by atoms with E-state index < -0.39 is 0 Å². The average Bonchev–Trinajstić information content (AvgIpc) is 2.60. The van der Waals surface area contributed by atoms with Crippen LogP contribution in [-0.4, -0.2) is 9.36 Å². The van der Waals surface area contributed by atoms with Crippen molar-refractivity contribution in [2.24, 2.45) is 23.2 Å². The first-order valence-corrected chi connectivity index (χ1v) is 8.25. The van der Waals surface area contributed by atoms with E-state index in [1.807, 2.05) is 0 Å². The van der Waals surface area contributed by atoms with Gasteiger partial charge in [-0.1, -0.05) is 0 Å². The lowest BCUT2D eigenvalue weighted by atomic mass is 9.49. The van der Waals surface area contributed by atoms with Gasteiger partial charge in [-0.15, -0.1) is 0 Å². The summed E-state index contributed by atoms with van der Waals surface area (Å²) in [5.74, 6) is 3.12. The summed E-state index contributed by atoms with van der Waals surface area (Å²) in [7, 11) is 0. The van der Waals surface area contributed by atoms with Crippen LogP contribution in [0.15, 0.2) is 4.73 Å². The smallest absolute Gasteiger partial charge is 0.209 e. The second-order valence-electron chi connectivity index (χ2n) is 6.55. The molecule has 4 aliphatic rings. The first-order valence-electron chi connectivity index (χ1n) is 6.69. The number of hydrogen-bond donors (Lipinski definition) is 0. The van der Waals surface area contributed by atoms with Crippen molar-refractivity contribution in [3.8, 4) is 0 Å². The van der Waals surface area contributed by atoms with Gasteiger partial charge in [-0.25, -0.2) is 4.98 Å². The van der Waals surface area contributed by atoms with Gasteiger partial charge in [-0.3, -0.25) is 0 Å². The summed E-state index contributed by atoms with van der Waals surface area (Å²) in [5, 5.41) is 1.25. The number of aromatic nitrogens is 2. The van der Waals surface area contributed by atoms with Crippen LogP contribution < -0.4 is 0 Å². The first-order chi connectivity index (χ1) is 8.21. The van der Waals surface area contributed by atoms with E-state index in [1.165, 1.54) is 50.0 Å². The molecule has 0 saturated heterocycles. The van der Waals surface area contributed by atoms with Crippen LogP contribution in [0.4, 0.5) is 0 Å². The summed E-state index contributed by atoms with van der Waals surface area (Å²) in [4.78, 5) is 4.51. The van der Waals surface area contributed by atoms with Crippen LogP contribution in [0.2, 0.25) is 0 Å². The maximum absolute atomic E-state index is 4.51. The number of rotatable bonds is 2. The van der Waals surface area contributed by atoms with Crippen molar-refractivity contribution in [3.63, 3.8) is 0 Å². The SMILES string of the molecule is Brc1nsc(CC23CC4CC(CC(C4)C2)C3)n1. The lowest BCUT2D eigenvalue weighted by Gasteiger charge is -2.56. The molecule has 92 valence electrons. The highest BCUT2D eigenvalue weighted by molar-refractivity contribution is 9.10. The predicted molar refractivity (Wildman–Crippen MR) is 71.9 cm³/mol. The van der Waals surface area contributed by atoms with Crippen LogP contribution in [0.5, 0.6) is 0 Å². The monoisotopic (exact) mass is 312 g/mol. The molecule has 5 rings (SSSR count). The second kappa shape index (κ2) is 3.77. The van der Waals surface area contributed by atoms with Crippen molar-refractivity contribution in [3.05, 3.63) is 9.74 Å². The van der Waals surface area contributed by atoms with Gasteiger partial charge in [0.15, 0.2) is 0 Å². The van der Waals surface area contributed by atoms with Crippen LogP contribution in [-0.2, 0) is 6.42 Å². The fourth-order valence-electron chi connectivity index (χ4n) is 5.13. The highest BCUT2D eigenvalue weighted by Gasteiger charge is 2.50. The van der Waals surface area contributed by atoms with E-state index in [1.54, 1.807) is 11.5 Å². The lowest BCUT2D eigenvalue weighted by molar-refractivity contribution is -0.0522. The quantitative estimate of drug-likeness (QED) is 0.823. The molecule has 4 fully saturated rings. The molecule has 0 aromatic carbocycles. The van der Waals surface area contributed by atoms with Crippen LogP contribution in [0, 0.1) is 23.2 Å². The molecule has 4 heteroatoms. The molecule has 17 heavy (non-hydrogen) atoms. The number of nitrogens with zero attached hydrogens (tertiary/aromatic N) is 2. The zero-order valence-electron chi connectivity index (χ0n) is 9.86. The van der Waals surface area contributed by atoms with E-state index in [9.17, 15) is 0 Å². The zero-order valence-corrected chi connectivity index (χ0v) is 12.3. The van der Waals surface area contributed by atoms with E-state index >= 15 is 0 Å². The van der Waals surface area contributed by atoms with Crippen molar-refractivity contribution in [2.45, 2.75) is 44.9 Å². The minimum Gasteiger partial charge on any atom is -0.214 e. The third-order valence-electron chi connectivity index (χ3n) is 5.13. The fourth-order valence-corrected chi connectivity index (χ4v) is 6.40. The average molecular weight is 313 g/mol. The topological polar surface area (TPSA) is 25.8 Å². The maximum Gasteiger partial charge on any atom is 0.209 e. The highest BCUT2D eigenvalue weighted by Crippen LogP contribution is 2.61. The Balaban J connectivity index is 1.60. The normalized spacial score (nSPS) is 43.2. The summed E-state index contributed by atoms with van der Waals surface area (Å²) in [6, 6.07) is 0. The van der Waals surface area contributed by atoms with Gasteiger partial charge in [0.05, 0.1) is 0 Å². The Labute approximate surface area is 115 Å². The van der Waals surface area contributed by atoms with Crippen molar-refractivity contribution >= 4 is 27.5 Å². The van der Waals surface area contributed by atoms with Crippen molar-refractivity contribution < 1.29 is 0 Å². The Bertz CT molecular complexity index is 407. The molecular weight excluding hydrogens is 296 g/mol. The third-order valence-corrected chi connectivity index (χ3v) is 6.43. The standard InChI is InChI=1S/C13H17BrN2S/c14-12-15-11(17-16-12)7-13-4-8-1-9(5-13)3-10(2-8)6-13/h8-10H,1-7H2. The lowest BCUT2D eigenvalue weighted by Crippen LogP contribution is -2.47. The molecule has 2 nitrogen and oxygen atoms in total. The Kier molecular flexibility index (Phi) is 2.42. The van der Waals surface area contributed by atoms with E-state index in [0.29, 0.717) is 5.41 Å². The largest absolute Gasteiger partial charge is 0.214 e. The van der Waals surface area contributed by atoms with Crippen LogP contribution in [0.3, 0.4) is 0 Å². The van der Waals surface area contributed by atoms with Gasteiger partial charge >= 0.3 is 0 Å². The Hall–Kier alpha value is 0.0400. The molecule has 4 bridgehead atoms. The molecule has 0 aliphatic heterocycles. The summed E-state index contributed by atoms with van der Waals surface area (Å²) in [6.07, 6.45) is 10.2. The Morgan fingerprint density at radius 2 is 1.71 bits per heavy atom. The Morgan fingerprint density at radius 3 is 2.18 bits per heavy atom. The van der Waals surface area contributed by atoms with Gasteiger partial charge in [-0.05, 0) is 89.2 Å². The molecule has 1 aromatic rings. The van der Waals surface area contributed by atoms with Gasteiger partial charge in [0.1, 0.15) is 5.01 Å². The van der Waals surface area contributed by atoms with Crippen LogP contribution in [0.1, 0.15) is 43.5 Å². The van der Waals surface area contributed by atoms with Crippen molar-refractivity contribution in [2.75, 3.05) is 0 Å². The highest BCUT2D eigenvalue weighted by atomic mass is 79.9. The second-order valence-corrected chi connectivity index (χ2v) is 8.10. The summed E-state index contributed by atoms with van der Waals surface area (Å²) in [5.41, 5.74) is 0.605.